The van der Waals surface area contributed by atoms with Gasteiger partial charge in [-0.05, 0) is 64.2 Å². The van der Waals surface area contributed by atoms with Crippen molar-refractivity contribution in [2.45, 2.75) is 73.1 Å². The largest absolute Gasteiger partial charge is 0.411 e. The van der Waals surface area contributed by atoms with E-state index in [1.54, 1.807) is 5.57 Å². The van der Waals surface area contributed by atoms with Crippen molar-refractivity contribution >= 4 is 6.21 Å². The Bertz CT molecular complexity index is 466. The van der Waals surface area contributed by atoms with Gasteiger partial charge in [0.25, 0.3) is 0 Å². The van der Waals surface area contributed by atoms with Crippen molar-refractivity contribution < 1.29 is 5.21 Å². The monoisotopic (exact) mass is 303 g/mol. The van der Waals surface area contributed by atoms with E-state index in [4.69, 9.17) is 5.21 Å². The molecule has 0 aromatic rings. The zero-order valence-corrected chi connectivity index (χ0v) is 15.0. The molecule has 1 aliphatic rings. The second-order valence-corrected chi connectivity index (χ2v) is 7.41. The van der Waals surface area contributed by atoms with E-state index in [1.807, 2.05) is 0 Å². The van der Waals surface area contributed by atoms with Crippen LogP contribution >= 0.6 is 0 Å². The molecule has 1 atom stereocenters. The first-order valence-corrected chi connectivity index (χ1v) is 8.50. The third-order valence-corrected chi connectivity index (χ3v) is 4.98. The third kappa shape index (κ3) is 6.21. The van der Waals surface area contributed by atoms with Crippen LogP contribution in [0.3, 0.4) is 0 Å². The third-order valence-electron chi connectivity index (χ3n) is 4.98. The molecule has 0 unspecified atom stereocenters. The van der Waals surface area contributed by atoms with Crippen molar-refractivity contribution in [2.75, 3.05) is 0 Å². The second-order valence-electron chi connectivity index (χ2n) is 7.41. The Morgan fingerprint density at radius 1 is 1.32 bits per heavy atom. The Hall–Kier alpha value is -1.31. The zero-order valence-electron chi connectivity index (χ0n) is 15.0. The van der Waals surface area contributed by atoms with Crippen molar-refractivity contribution in [3.8, 4) is 0 Å². The average molecular weight is 303 g/mol. The van der Waals surface area contributed by atoms with E-state index in [1.165, 1.54) is 36.6 Å². The minimum atomic E-state index is 0.426. The van der Waals surface area contributed by atoms with E-state index in [0.29, 0.717) is 11.3 Å². The van der Waals surface area contributed by atoms with Gasteiger partial charge in [-0.1, -0.05) is 48.8 Å². The van der Waals surface area contributed by atoms with Gasteiger partial charge in [0.05, 0.1) is 0 Å². The molecule has 1 N–H and O–H groups in total. The summed E-state index contributed by atoms with van der Waals surface area (Å²) in [4.78, 5) is 0. The lowest BCUT2D eigenvalue weighted by molar-refractivity contribution is 0.216. The molecule has 2 heteroatoms. The van der Waals surface area contributed by atoms with Gasteiger partial charge in [0.15, 0.2) is 0 Å². The van der Waals surface area contributed by atoms with Crippen molar-refractivity contribution in [3.63, 3.8) is 0 Å². The van der Waals surface area contributed by atoms with Crippen LogP contribution in [-0.4, -0.2) is 11.4 Å². The van der Waals surface area contributed by atoms with Crippen molar-refractivity contribution in [2.24, 2.45) is 16.5 Å². The van der Waals surface area contributed by atoms with E-state index >= 15 is 0 Å². The lowest BCUT2D eigenvalue weighted by Crippen LogP contribution is -2.27. The van der Waals surface area contributed by atoms with Crippen LogP contribution in [0.4, 0.5) is 0 Å². The van der Waals surface area contributed by atoms with Gasteiger partial charge in [-0.15, -0.1) is 5.16 Å². The zero-order chi connectivity index (χ0) is 16.6. The summed E-state index contributed by atoms with van der Waals surface area (Å²) in [5.41, 5.74) is 4.74. The molecule has 0 saturated heterocycles. The first-order valence-electron chi connectivity index (χ1n) is 8.50. The van der Waals surface area contributed by atoms with Crippen LogP contribution in [-0.2, 0) is 0 Å². The van der Waals surface area contributed by atoms with Crippen LogP contribution in [0.5, 0.6) is 0 Å². The highest BCUT2D eigenvalue weighted by Gasteiger charge is 2.31. The fourth-order valence-corrected chi connectivity index (χ4v) is 3.35. The van der Waals surface area contributed by atoms with Gasteiger partial charge in [-0.25, -0.2) is 0 Å². The first kappa shape index (κ1) is 18.7. The number of hydrogen-bond donors (Lipinski definition) is 1. The van der Waals surface area contributed by atoms with Gasteiger partial charge < -0.3 is 5.21 Å². The fourth-order valence-electron chi connectivity index (χ4n) is 3.35. The first-order chi connectivity index (χ1) is 10.4. The molecule has 0 amide bonds. The number of rotatable bonds is 7. The Kier molecular flexibility index (Phi) is 7.64. The predicted molar refractivity (Wildman–Crippen MR) is 96.5 cm³/mol. The minimum Gasteiger partial charge on any atom is -0.411 e. The molecule has 0 saturated carbocycles. The van der Waals surface area contributed by atoms with Crippen LogP contribution < -0.4 is 0 Å². The summed E-state index contributed by atoms with van der Waals surface area (Å²) in [6, 6.07) is 0. The maximum Gasteiger partial charge on any atom is 0.0476 e. The topological polar surface area (TPSA) is 32.6 Å². The molecule has 124 valence electrons. The molecule has 1 rings (SSSR count). The predicted octanol–water partition coefficient (Wildman–Crippen LogP) is 6.28. The molecule has 0 aliphatic heterocycles. The van der Waals surface area contributed by atoms with Crippen molar-refractivity contribution in [1.29, 1.82) is 0 Å². The minimum absolute atomic E-state index is 0.426. The van der Waals surface area contributed by atoms with Crippen molar-refractivity contribution in [3.05, 3.63) is 34.9 Å². The Morgan fingerprint density at radius 3 is 2.68 bits per heavy atom. The summed E-state index contributed by atoms with van der Waals surface area (Å²) in [5, 5.41) is 11.5. The molecule has 1 aliphatic carbocycles. The van der Waals surface area contributed by atoms with Crippen LogP contribution in [0.2, 0.25) is 0 Å². The summed E-state index contributed by atoms with van der Waals surface area (Å²) < 4.78 is 0. The highest BCUT2D eigenvalue weighted by atomic mass is 16.4. The SMILES string of the molecule is CC1=CCCC(C)(C)[C@@H]1C/C=C(\C)CC/C=C(\C)C/C=N\O. The van der Waals surface area contributed by atoms with Crippen molar-refractivity contribution in [1.82, 2.24) is 0 Å². The van der Waals surface area contributed by atoms with E-state index in [9.17, 15) is 0 Å². The standard InChI is InChI=1S/C20H33NO/c1-16(8-6-9-17(2)13-15-21-22)11-12-19-18(3)10-7-14-20(19,4)5/h9-11,15,19,22H,6-8,12-14H2,1-5H3/b16-11+,17-9+,21-15-/t19-/m1/s1. The molecular formula is C20H33NO. The van der Waals surface area contributed by atoms with E-state index < -0.39 is 0 Å². The summed E-state index contributed by atoms with van der Waals surface area (Å²) in [7, 11) is 0. The fraction of sp³-hybridized carbons (Fsp3) is 0.650. The lowest BCUT2D eigenvalue weighted by atomic mass is 9.67. The van der Waals surface area contributed by atoms with Gasteiger partial charge in [-0.3, -0.25) is 0 Å². The van der Waals surface area contributed by atoms with E-state index in [-0.39, 0.29) is 0 Å². The molecule has 22 heavy (non-hydrogen) atoms. The van der Waals surface area contributed by atoms with E-state index in [2.05, 4.69) is 58.0 Å². The maximum atomic E-state index is 8.41. The smallest absolute Gasteiger partial charge is 0.0476 e. The normalized spacial score (nSPS) is 23.0. The summed E-state index contributed by atoms with van der Waals surface area (Å²) in [6.45, 7) is 11.4. The summed E-state index contributed by atoms with van der Waals surface area (Å²) in [6.07, 6.45) is 15.3. The summed E-state index contributed by atoms with van der Waals surface area (Å²) >= 11 is 0. The average Bonchev–Trinajstić information content (AvgIpc) is 2.43. The maximum absolute atomic E-state index is 8.41. The molecule has 0 fully saturated rings. The van der Waals surface area contributed by atoms with Crippen LogP contribution in [0, 0.1) is 11.3 Å². The van der Waals surface area contributed by atoms with Gasteiger partial charge in [0, 0.05) is 12.6 Å². The molecule has 0 heterocycles. The molecule has 2 nitrogen and oxygen atoms in total. The van der Waals surface area contributed by atoms with Gasteiger partial charge in [-0.2, -0.15) is 0 Å². The number of hydrogen-bond acceptors (Lipinski definition) is 2. The van der Waals surface area contributed by atoms with Crippen LogP contribution in [0.25, 0.3) is 0 Å². The second kappa shape index (κ2) is 8.97. The highest BCUT2D eigenvalue weighted by Crippen LogP contribution is 2.43. The van der Waals surface area contributed by atoms with Gasteiger partial charge >= 0.3 is 0 Å². The quantitative estimate of drug-likeness (QED) is 0.255. The molecule has 0 spiro atoms. The van der Waals surface area contributed by atoms with Gasteiger partial charge in [0.2, 0.25) is 0 Å². The molecule has 0 aromatic carbocycles. The Balaban J connectivity index is 2.49. The van der Waals surface area contributed by atoms with Crippen LogP contribution in [0.15, 0.2) is 40.1 Å². The number of nitrogens with zero attached hydrogens (tertiary/aromatic N) is 1. The molecule has 0 bridgehead atoms. The Morgan fingerprint density at radius 2 is 2.05 bits per heavy atom. The summed E-state index contributed by atoms with van der Waals surface area (Å²) in [5.74, 6) is 0.689. The molecule has 0 aromatic heterocycles. The van der Waals surface area contributed by atoms with E-state index in [0.717, 1.165) is 19.3 Å². The number of allylic oxidation sites excluding steroid dienone is 6. The molecular weight excluding hydrogens is 270 g/mol. The molecule has 0 radical (unpaired) electrons. The van der Waals surface area contributed by atoms with Gasteiger partial charge in [0.1, 0.15) is 0 Å². The lowest BCUT2D eigenvalue weighted by Gasteiger charge is -2.38. The number of oxime groups is 1. The Labute approximate surface area is 136 Å². The van der Waals surface area contributed by atoms with Crippen LogP contribution in [0.1, 0.15) is 73.1 Å². The highest BCUT2D eigenvalue weighted by molar-refractivity contribution is 5.59.